The molecule has 0 aromatic heterocycles. The monoisotopic (exact) mass is 354 g/mol. The third kappa shape index (κ3) is 6.76. The first-order chi connectivity index (χ1) is 9.90. The van der Waals surface area contributed by atoms with Gasteiger partial charge in [0.2, 0.25) is 11.8 Å². The summed E-state index contributed by atoms with van der Waals surface area (Å²) in [6.45, 7) is 6.83. The van der Waals surface area contributed by atoms with E-state index in [4.69, 9.17) is 0 Å². The normalized spacial score (nSPS) is 10.5. The first-order valence-electron chi connectivity index (χ1n) is 7.20. The van der Waals surface area contributed by atoms with Crippen LogP contribution in [0.3, 0.4) is 0 Å². The Labute approximate surface area is 135 Å². The molecule has 116 valence electrons. The van der Waals surface area contributed by atoms with Crippen molar-refractivity contribution in [2.45, 2.75) is 33.6 Å². The first kappa shape index (κ1) is 17.7. The molecule has 1 aromatic rings. The Kier molecular flexibility index (Phi) is 7.43. The van der Waals surface area contributed by atoms with Crippen molar-refractivity contribution in [1.82, 2.24) is 5.32 Å². The van der Waals surface area contributed by atoms with Crippen molar-refractivity contribution in [3.8, 4) is 0 Å². The van der Waals surface area contributed by atoms with Crippen LogP contribution in [0.1, 0.15) is 33.6 Å². The van der Waals surface area contributed by atoms with Crippen LogP contribution < -0.4 is 10.2 Å². The summed E-state index contributed by atoms with van der Waals surface area (Å²) in [5, 5.41) is 2.88. The maximum absolute atomic E-state index is 11.8. The van der Waals surface area contributed by atoms with Crippen LogP contribution in [0.15, 0.2) is 28.7 Å². The summed E-state index contributed by atoms with van der Waals surface area (Å²) in [6, 6.07) is 7.51. The molecule has 0 bridgehead atoms. The minimum Gasteiger partial charge on any atom is -0.356 e. The van der Waals surface area contributed by atoms with E-state index in [1.807, 2.05) is 24.3 Å². The highest BCUT2D eigenvalue weighted by molar-refractivity contribution is 9.10. The molecule has 1 rings (SSSR count). The van der Waals surface area contributed by atoms with Crippen LogP contribution in [-0.2, 0) is 9.59 Å². The predicted octanol–water partition coefficient (Wildman–Crippen LogP) is 3.35. The van der Waals surface area contributed by atoms with E-state index < -0.39 is 0 Å². The van der Waals surface area contributed by atoms with Gasteiger partial charge in [0.15, 0.2) is 0 Å². The predicted molar refractivity (Wildman–Crippen MR) is 89.3 cm³/mol. The number of nitrogens with one attached hydrogen (secondary N) is 1. The highest BCUT2D eigenvalue weighted by Gasteiger charge is 2.13. The summed E-state index contributed by atoms with van der Waals surface area (Å²) in [5.74, 6) is 0.487. The molecule has 0 spiro atoms. The van der Waals surface area contributed by atoms with Crippen LogP contribution in [0.4, 0.5) is 5.69 Å². The van der Waals surface area contributed by atoms with Gasteiger partial charge in [0.05, 0.1) is 0 Å². The van der Waals surface area contributed by atoms with E-state index in [0.717, 1.165) is 16.6 Å². The van der Waals surface area contributed by atoms with Gasteiger partial charge in [0, 0.05) is 36.6 Å². The molecule has 0 aliphatic heterocycles. The fourth-order valence-corrected chi connectivity index (χ4v) is 2.30. The zero-order chi connectivity index (χ0) is 15.8. The molecule has 4 nitrogen and oxygen atoms in total. The molecule has 1 N–H and O–H groups in total. The summed E-state index contributed by atoms with van der Waals surface area (Å²) < 4.78 is 0.910. The number of amides is 2. The quantitative estimate of drug-likeness (QED) is 0.815. The lowest BCUT2D eigenvalue weighted by molar-refractivity contribution is -0.121. The van der Waals surface area contributed by atoms with Crippen LogP contribution in [-0.4, -0.2) is 24.9 Å². The second-order valence-corrected chi connectivity index (χ2v) is 6.35. The lowest BCUT2D eigenvalue weighted by atomic mass is 10.1. The van der Waals surface area contributed by atoms with Gasteiger partial charge in [-0.05, 0) is 30.5 Å². The van der Waals surface area contributed by atoms with Gasteiger partial charge in [0.1, 0.15) is 0 Å². The van der Waals surface area contributed by atoms with E-state index >= 15 is 0 Å². The third-order valence-electron chi connectivity index (χ3n) is 3.11. The minimum atomic E-state index is -0.0666. The second kappa shape index (κ2) is 8.82. The van der Waals surface area contributed by atoms with Gasteiger partial charge < -0.3 is 10.2 Å². The lowest BCUT2D eigenvalue weighted by Gasteiger charge is -2.21. The Morgan fingerprint density at radius 1 is 1.33 bits per heavy atom. The molecule has 1 aromatic carbocycles. The van der Waals surface area contributed by atoms with Gasteiger partial charge in [-0.15, -0.1) is 0 Å². The Morgan fingerprint density at radius 2 is 2.05 bits per heavy atom. The maximum Gasteiger partial charge on any atom is 0.223 e. The molecule has 0 aliphatic carbocycles. The maximum atomic E-state index is 11.8. The molecule has 0 aliphatic rings. The van der Waals surface area contributed by atoms with Crippen molar-refractivity contribution in [2.24, 2.45) is 5.92 Å². The van der Waals surface area contributed by atoms with Crippen molar-refractivity contribution < 1.29 is 9.59 Å². The van der Waals surface area contributed by atoms with Gasteiger partial charge in [-0.25, -0.2) is 0 Å². The lowest BCUT2D eigenvalue weighted by Crippen LogP contribution is -2.34. The fraction of sp³-hybridized carbons (Fsp3) is 0.500. The third-order valence-corrected chi connectivity index (χ3v) is 3.60. The highest BCUT2D eigenvalue weighted by atomic mass is 79.9. The first-order valence-corrected chi connectivity index (χ1v) is 8.00. The zero-order valence-electron chi connectivity index (χ0n) is 12.9. The standard InChI is InChI=1S/C16H23BrN2O2/c1-12(2)7-9-18-16(21)8-10-19(13(3)20)15-6-4-5-14(17)11-15/h4-6,11-12H,7-10H2,1-3H3,(H,18,21). The number of rotatable bonds is 7. The number of hydrogen-bond donors (Lipinski definition) is 1. The van der Waals surface area contributed by atoms with Crippen LogP contribution in [0.2, 0.25) is 0 Å². The molecule has 0 saturated carbocycles. The van der Waals surface area contributed by atoms with Crippen molar-refractivity contribution in [3.63, 3.8) is 0 Å². The van der Waals surface area contributed by atoms with E-state index in [0.29, 0.717) is 25.4 Å². The number of hydrogen-bond acceptors (Lipinski definition) is 2. The Morgan fingerprint density at radius 3 is 2.62 bits per heavy atom. The largest absolute Gasteiger partial charge is 0.356 e. The number of carbonyl (C=O) groups is 2. The Balaban J connectivity index is 2.52. The molecule has 0 unspecified atom stereocenters. The summed E-state index contributed by atoms with van der Waals surface area (Å²) in [7, 11) is 0. The van der Waals surface area contributed by atoms with Gasteiger partial charge >= 0.3 is 0 Å². The highest BCUT2D eigenvalue weighted by Crippen LogP contribution is 2.20. The second-order valence-electron chi connectivity index (χ2n) is 5.43. The van der Waals surface area contributed by atoms with Gasteiger partial charge in [-0.2, -0.15) is 0 Å². The van der Waals surface area contributed by atoms with E-state index in [1.165, 1.54) is 6.92 Å². The Bertz CT molecular complexity index is 489. The van der Waals surface area contributed by atoms with Gasteiger partial charge in [-0.1, -0.05) is 35.8 Å². The molecular weight excluding hydrogens is 332 g/mol. The van der Waals surface area contributed by atoms with E-state index in [1.54, 1.807) is 4.90 Å². The van der Waals surface area contributed by atoms with Crippen LogP contribution in [0.5, 0.6) is 0 Å². The molecule has 0 saturated heterocycles. The summed E-state index contributed by atoms with van der Waals surface area (Å²) in [6.07, 6.45) is 1.28. The molecule has 0 heterocycles. The van der Waals surface area contributed by atoms with Crippen molar-refractivity contribution in [2.75, 3.05) is 18.0 Å². The van der Waals surface area contributed by atoms with Crippen molar-refractivity contribution in [1.29, 1.82) is 0 Å². The van der Waals surface area contributed by atoms with Gasteiger partial charge in [0.25, 0.3) is 0 Å². The molecular formula is C16H23BrN2O2. The summed E-state index contributed by atoms with van der Waals surface area (Å²) in [4.78, 5) is 25.2. The van der Waals surface area contributed by atoms with Crippen molar-refractivity contribution in [3.05, 3.63) is 28.7 Å². The van der Waals surface area contributed by atoms with Crippen molar-refractivity contribution >= 4 is 33.4 Å². The average molecular weight is 355 g/mol. The zero-order valence-corrected chi connectivity index (χ0v) is 14.4. The number of nitrogens with zero attached hydrogens (tertiary/aromatic N) is 1. The van der Waals surface area contributed by atoms with E-state index in [2.05, 4.69) is 35.1 Å². The number of benzene rings is 1. The minimum absolute atomic E-state index is 0.0168. The number of halogens is 1. The molecule has 5 heteroatoms. The SMILES string of the molecule is CC(=O)N(CCC(=O)NCCC(C)C)c1cccc(Br)c1. The summed E-state index contributed by atoms with van der Waals surface area (Å²) >= 11 is 3.39. The topological polar surface area (TPSA) is 49.4 Å². The van der Waals surface area contributed by atoms with Crippen LogP contribution in [0, 0.1) is 5.92 Å². The smallest absolute Gasteiger partial charge is 0.223 e. The molecule has 21 heavy (non-hydrogen) atoms. The fourth-order valence-electron chi connectivity index (χ4n) is 1.91. The molecule has 0 radical (unpaired) electrons. The van der Waals surface area contributed by atoms with Gasteiger partial charge in [-0.3, -0.25) is 9.59 Å². The number of carbonyl (C=O) groups excluding carboxylic acids is 2. The molecule has 0 fully saturated rings. The van der Waals surface area contributed by atoms with Crippen LogP contribution in [0.25, 0.3) is 0 Å². The summed E-state index contributed by atoms with van der Waals surface area (Å²) in [5.41, 5.74) is 0.798. The molecule has 2 amide bonds. The molecule has 0 atom stereocenters. The average Bonchev–Trinajstić information content (AvgIpc) is 2.38. The van der Waals surface area contributed by atoms with Crippen LogP contribution >= 0.6 is 15.9 Å². The Hall–Kier alpha value is -1.36. The van der Waals surface area contributed by atoms with E-state index in [-0.39, 0.29) is 11.8 Å². The number of anilines is 1. The van der Waals surface area contributed by atoms with E-state index in [9.17, 15) is 9.59 Å².